The zero-order valence-electron chi connectivity index (χ0n) is 14.2. The maximum atomic E-state index is 11.9. The van der Waals surface area contributed by atoms with E-state index in [1.807, 2.05) is 20.8 Å². The summed E-state index contributed by atoms with van der Waals surface area (Å²) in [5, 5.41) is 14.1. The number of nitrogens with one attached hydrogen (secondary N) is 2. The first kappa shape index (κ1) is 19.5. The molecule has 0 atom stereocenters. The Kier molecular flexibility index (Phi) is 7.23. The summed E-state index contributed by atoms with van der Waals surface area (Å²) in [5.41, 5.74) is 0.0835. The third kappa shape index (κ3) is 7.62. The number of hydrogen-bond acceptors (Lipinski definition) is 4. The second-order valence-electron chi connectivity index (χ2n) is 6.37. The molecule has 0 spiro atoms. The lowest BCUT2D eigenvalue weighted by atomic mass is 9.96. The molecule has 0 saturated heterocycles. The topological polar surface area (TPSA) is 105 Å². The molecule has 0 unspecified atom stereocenters. The molecule has 0 fully saturated rings. The van der Waals surface area contributed by atoms with Gasteiger partial charge in [-0.2, -0.15) is 0 Å². The molecule has 0 saturated carbocycles. The van der Waals surface area contributed by atoms with Crippen molar-refractivity contribution in [3.63, 3.8) is 0 Å². The van der Waals surface area contributed by atoms with Gasteiger partial charge in [0.25, 0.3) is 0 Å². The summed E-state index contributed by atoms with van der Waals surface area (Å²) in [6.45, 7) is 5.48. The minimum absolute atomic E-state index is 0.0498. The Hall–Kier alpha value is -2.57. The van der Waals surface area contributed by atoms with Gasteiger partial charge in [0.05, 0.1) is 0 Å². The van der Waals surface area contributed by atoms with Crippen LogP contribution in [0.15, 0.2) is 24.3 Å². The van der Waals surface area contributed by atoms with Crippen molar-refractivity contribution in [2.45, 2.75) is 33.6 Å². The quantitative estimate of drug-likeness (QED) is 0.630. The second-order valence-corrected chi connectivity index (χ2v) is 6.37. The van der Waals surface area contributed by atoms with Crippen LogP contribution in [-0.2, 0) is 14.4 Å². The van der Waals surface area contributed by atoms with E-state index in [0.29, 0.717) is 24.4 Å². The van der Waals surface area contributed by atoms with Gasteiger partial charge in [-0.3, -0.25) is 9.59 Å². The maximum Gasteiger partial charge on any atom is 0.341 e. The standard InChI is InChI=1S/C17H24N2O5/c1-17(2,3)16(23)18-9-5-8-14(20)19-12-6-4-7-13(10-12)24-11-15(21)22/h4,6-7,10H,5,8-9,11H2,1-3H3,(H,18,23)(H,19,20)(H,21,22). The van der Waals surface area contributed by atoms with Crippen molar-refractivity contribution in [2.24, 2.45) is 5.41 Å². The van der Waals surface area contributed by atoms with E-state index in [2.05, 4.69) is 10.6 Å². The number of anilines is 1. The predicted molar refractivity (Wildman–Crippen MR) is 89.9 cm³/mol. The van der Waals surface area contributed by atoms with Crippen LogP contribution in [0.5, 0.6) is 5.75 Å². The number of hydrogen-bond donors (Lipinski definition) is 3. The van der Waals surface area contributed by atoms with E-state index in [9.17, 15) is 14.4 Å². The Balaban J connectivity index is 2.36. The van der Waals surface area contributed by atoms with Crippen LogP contribution in [0.3, 0.4) is 0 Å². The van der Waals surface area contributed by atoms with Crippen molar-refractivity contribution in [1.29, 1.82) is 0 Å². The zero-order valence-corrected chi connectivity index (χ0v) is 14.2. The van der Waals surface area contributed by atoms with E-state index in [1.54, 1.807) is 24.3 Å². The summed E-state index contributed by atoms with van der Waals surface area (Å²) < 4.78 is 5.05. The molecule has 3 N–H and O–H groups in total. The number of benzene rings is 1. The minimum atomic E-state index is -1.07. The van der Waals surface area contributed by atoms with E-state index in [0.717, 1.165) is 0 Å². The van der Waals surface area contributed by atoms with Crippen molar-refractivity contribution in [3.8, 4) is 5.75 Å². The number of aliphatic carboxylic acids is 1. The largest absolute Gasteiger partial charge is 0.482 e. The van der Waals surface area contributed by atoms with Crippen molar-refractivity contribution in [3.05, 3.63) is 24.3 Å². The molecule has 1 aromatic rings. The number of carbonyl (C=O) groups excluding carboxylic acids is 2. The minimum Gasteiger partial charge on any atom is -0.482 e. The van der Waals surface area contributed by atoms with E-state index < -0.39 is 18.0 Å². The van der Waals surface area contributed by atoms with Crippen LogP contribution in [0.1, 0.15) is 33.6 Å². The summed E-state index contributed by atoms with van der Waals surface area (Å²) in [7, 11) is 0. The summed E-state index contributed by atoms with van der Waals surface area (Å²) in [6, 6.07) is 6.52. The van der Waals surface area contributed by atoms with Gasteiger partial charge in [0, 0.05) is 30.1 Å². The van der Waals surface area contributed by atoms with E-state index in [-0.39, 0.29) is 18.2 Å². The molecule has 7 heteroatoms. The molecule has 1 aromatic carbocycles. The molecule has 0 heterocycles. The van der Waals surface area contributed by atoms with E-state index in [4.69, 9.17) is 9.84 Å². The third-order valence-corrected chi connectivity index (χ3v) is 3.03. The van der Waals surface area contributed by atoms with Crippen molar-refractivity contribution in [2.75, 3.05) is 18.5 Å². The van der Waals surface area contributed by atoms with Gasteiger partial charge in [-0.25, -0.2) is 4.79 Å². The fraction of sp³-hybridized carbons (Fsp3) is 0.471. The van der Waals surface area contributed by atoms with Crippen LogP contribution in [0.2, 0.25) is 0 Å². The van der Waals surface area contributed by atoms with Crippen LogP contribution < -0.4 is 15.4 Å². The first-order valence-corrected chi connectivity index (χ1v) is 7.71. The van der Waals surface area contributed by atoms with Crippen LogP contribution in [0.4, 0.5) is 5.69 Å². The fourth-order valence-electron chi connectivity index (χ4n) is 1.75. The molecule has 0 aromatic heterocycles. The molecule has 0 aliphatic carbocycles. The summed E-state index contributed by atoms with van der Waals surface area (Å²) >= 11 is 0. The van der Waals surface area contributed by atoms with Crippen molar-refractivity contribution >= 4 is 23.5 Å². The van der Waals surface area contributed by atoms with Gasteiger partial charge in [-0.05, 0) is 18.6 Å². The Morgan fingerprint density at radius 2 is 1.92 bits per heavy atom. The number of rotatable bonds is 8. The summed E-state index contributed by atoms with van der Waals surface area (Å²) in [4.78, 5) is 34.0. The fourth-order valence-corrected chi connectivity index (χ4v) is 1.75. The highest BCUT2D eigenvalue weighted by Crippen LogP contribution is 2.17. The lowest BCUT2D eigenvalue weighted by molar-refractivity contribution is -0.139. The first-order valence-electron chi connectivity index (χ1n) is 7.71. The monoisotopic (exact) mass is 336 g/mol. The van der Waals surface area contributed by atoms with Gasteiger partial charge < -0.3 is 20.5 Å². The maximum absolute atomic E-state index is 11.9. The highest BCUT2D eigenvalue weighted by Gasteiger charge is 2.20. The molecule has 0 radical (unpaired) electrons. The SMILES string of the molecule is CC(C)(C)C(=O)NCCCC(=O)Nc1cccc(OCC(=O)O)c1. The molecular formula is C17H24N2O5. The van der Waals surface area contributed by atoms with Gasteiger partial charge in [-0.15, -0.1) is 0 Å². The Labute approximate surface area is 141 Å². The molecule has 7 nitrogen and oxygen atoms in total. The van der Waals surface area contributed by atoms with Gasteiger partial charge in [0.15, 0.2) is 6.61 Å². The zero-order chi connectivity index (χ0) is 18.2. The van der Waals surface area contributed by atoms with Gasteiger partial charge >= 0.3 is 5.97 Å². The lowest BCUT2D eigenvalue weighted by Crippen LogP contribution is -2.35. The average molecular weight is 336 g/mol. The Morgan fingerprint density at radius 3 is 2.54 bits per heavy atom. The highest BCUT2D eigenvalue weighted by atomic mass is 16.5. The molecule has 0 bridgehead atoms. The third-order valence-electron chi connectivity index (χ3n) is 3.03. The van der Waals surface area contributed by atoms with Crippen molar-refractivity contribution < 1.29 is 24.2 Å². The summed E-state index contributed by atoms with van der Waals surface area (Å²) in [6.07, 6.45) is 0.799. The number of ether oxygens (including phenoxy) is 1. The number of carboxylic acids is 1. The van der Waals surface area contributed by atoms with E-state index >= 15 is 0 Å². The molecule has 132 valence electrons. The first-order chi connectivity index (χ1) is 11.2. The number of amides is 2. The average Bonchev–Trinajstić information content (AvgIpc) is 2.48. The molecule has 0 aliphatic rings. The molecular weight excluding hydrogens is 312 g/mol. The molecule has 1 rings (SSSR count). The predicted octanol–water partition coefficient (Wildman–Crippen LogP) is 2.03. The van der Waals surface area contributed by atoms with Gasteiger partial charge in [-0.1, -0.05) is 26.8 Å². The van der Waals surface area contributed by atoms with Gasteiger partial charge in [0.1, 0.15) is 5.75 Å². The number of carboxylic acid groups (broad SMARTS) is 1. The molecule has 2 amide bonds. The Bertz CT molecular complexity index is 593. The lowest BCUT2D eigenvalue weighted by Gasteiger charge is -2.17. The second kappa shape index (κ2) is 8.90. The van der Waals surface area contributed by atoms with Gasteiger partial charge in [0.2, 0.25) is 11.8 Å². The van der Waals surface area contributed by atoms with Crippen LogP contribution >= 0.6 is 0 Å². The van der Waals surface area contributed by atoms with Crippen LogP contribution in [0, 0.1) is 5.41 Å². The number of carbonyl (C=O) groups is 3. The highest BCUT2D eigenvalue weighted by molar-refractivity contribution is 5.91. The normalized spacial score (nSPS) is 10.8. The molecule has 0 aliphatic heterocycles. The Morgan fingerprint density at radius 1 is 1.21 bits per heavy atom. The van der Waals surface area contributed by atoms with Crippen molar-refractivity contribution in [1.82, 2.24) is 5.32 Å². The van der Waals surface area contributed by atoms with E-state index in [1.165, 1.54) is 0 Å². The van der Waals surface area contributed by atoms with Crippen LogP contribution in [0.25, 0.3) is 0 Å². The summed E-state index contributed by atoms with van der Waals surface area (Å²) in [5.74, 6) is -0.934. The molecule has 24 heavy (non-hydrogen) atoms. The van der Waals surface area contributed by atoms with Crippen LogP contribution in [-0.4, -0.2) is 36.0 Å². The smallest absolute Gasteiger partial charge is 0.341 e.